The Balaban J connectivity index is 0.000000406. The van der Waals surface area contributed by atoms with Crippen LogP contribution in [0, 0.1) is 0 Å². The van der Waals surface area contributed by atoms with Crippen LogP contribution < -0.4 is 0 Å². The second-order valence-electron chi connectivity index (χ2n) is 4.49. The van der Waals surface area contributed by atoms with E-state index >= 15 is 0 Å². The number of epoxide rings is 1. The van der Waals surface area contributed by atoms with Gasteiger partial charge in [0.25, 0.3) is 0 Å². The summed E-state index contributed by atoms with van der Waals surface area (Å²) < 4.78 is 18.6. The van der Waals surface area contributed by atoms with Crippen molar-refractivity contribution in [3.8, 4) is 0 Å². The summed E-state index contributed by atoms with van der Waals surface area (Å²) in [6.45, 7) is 12.7. The highest BCUT2D eigenvalue weighted by molar-refractivity contribution is 5.88. The standard InChI is InChI=1S/C8H12O4.C7H10O3/c1-4-5-11-8(10)6(2)12-7(3)9;1-5(2)7(8)10-4-6-3-9-6/h2,4-5H2,1,3H3;6H,1,3-4H2,2H3. The van der Waals surface area contributed by atoms with E-state index in [2.05, 4.69) is 22.6 Å². The van der Waals surface area contributed by atoms with Crippen LogP contribution in [-0.4, -0.2) is 43.8 Å². The van der Waals surface area contributed by atoms with Gasteiger partial charge in [0, 0.05) is 12.5 Å². The third kappa shape index (κ3) is 10.6. The summed E-state index contributed by atoms with van der Waals surface area (Å²) in [5.74, 6) is -1.87. The van der Waals surface area contributed by atoms with Crippen molar-refractivity contribution in [1.29, 1.82) is 0 Å². The lowest BCUT2D eigenvalue weighted by Gasteiger charge is -2.04. The monoisotopic (exact) mass is 314 g/mol. The molecular formula is C15H22O7. The van der Waals surface area contributed by atoms with Crippen molar-refractivity contribution >= 4 is 17.9 Å². The fraction of sp³-hybridized carbons (Fsp3) is 0.533. The summed E-state index contributed by atoms with van der Waals surface area (Å²) in [5.41, 5.74) is 0.431. The molecule has 0 N–H and O–H groups in total. The number of hydrogen-bond donors (Lipinski definition) is 0. The number of rotatable bonds is 7. The number of esters is 3. The average molecular weight is 314 g/mol. The molecule has 1 fully saturated rings. The van der Waals surface area contributed by atoms with Gasteiger partial charge in [0.15, 0.2) is 0 Å². The van der Waals surface area contributed by atoms with Crippen LogP contribution in [0.15, 0.2) is 24.5 Å². The van der Waals surface area contributed by atoms with Crippen LogP contribution in [-0.2, 0) is 33.3 Å². The number of ether oxygens (including phenoxy) is 4. The van der Waals surface area contributed by atoms with Crippen LogP contribution in [0.4, 0.5) is 0 Å². The van der Waals surface area contributed by atoms with Crippen LogP contribution in [0.3, 0.4) is 0 Å². The zero-order valence-corrected chi connectivity index (χ0v) is 13.2. The third-order valence-corrected chi connectivity index (χ3v) is 2.08. The van der Waals surface area contributed by atoms with E-state index in [-0.39, 0.29) is 17.8 Å². The van der Waals surface area contributed by atoms with Gasteiger partial charge in [-0.3, -0.25) is 4.79 Å². The molecule has 1 heterocycles. The summed E-state index contributed by atoms with van der Waals surface area (Å²) in [6, 6.07) is 0. The molecule has 0 spiro atoms. The molecule has 1 aliphatic heterocycles. The minimum atomic E-state index is -0.688. The third-order valence-electron chi connectivity index (χ3n) is 2.08. The van der Waals surface area contributed by atoms with Crippen molar-refractivity contribution in [2.24, 2.45) is 0 Å². The fourth-order valence-corrected chi connectivity index (χ4v) is 0.947. The normalized spacial score (nSPS) is 14.8. The Hall–Kier alpha value is -2.15. The van der Waals surface area contributed by atoms with Crippen LogP contribution in [0.25, 0.3) is 0 Å². The molecule has 0 bridgehead atoms. The van der Waals surface area contributed by atoms with E-state index in [0.717, 1.165) is 6.42 Å². The first-order valence-electron chi connectivity index (χ1n) is 6.76. The van der Waals surface area contributed by atoms with Gasteiger partial charge in [-0.05, 0) is 19.9 Å². The Morgan fingerprint density at radius 1 is 1.14 bits per heavy atom. The molecule has 1 aliphatic rings. The zero-order valence-electron chi connectivity index (χ0n) is 13.2. The molecule has 7 heteroatoms. The Kier molecular flexibility index (Phi) is 9.53. The molecule has 0 aliphatic carbocycles. The van der Waals surface area contributed by atoms with E-state index in [1.165, 1.54) is 6.92 Å². The van der Waals surface area contributed by atoms with E-state index < -0.39 is 11.9 Å². The molecule has 1 rings (SSSR count). The molecule has 7 nitrogen and oxygen atoms in total. The van der Waals surface area contributed by atoms with Gasteiger partial charge in [0.1, 0.15) is 12.7 Å². The molecule has 124 valence electrons. The fourth-order valence-electron chi connectivity index (χ4n) is 0.947. The van der Waals surface area contributed by atoms with Crippen molar-refractivity contribution in [3.63, 3.8) is 0 Å². The molecule has 0 aromatic rings. The summed E-state index contributed by atoms with van der Waals surface area (Å²) >= 11 is 0. The van der Waals surface area contributed by atoms with Crippen molar-refractivity contribution in [2.75, 3.05) is 19.8 Å². The largest absolute Gasteiger partial charge is 0.460 e. The highest BCUT2D eigenvalue weighted by atomic mass is 16.6. The lowest BCUT2D eigenvalue weighted by atomic mass is 10.4. The van der Waals surface area contributed by atoms with Crippen LogP contribution in [0.1, 0.15) is 27.2 Å². The Labute approximate surface area is 129 Å². The summed E-state index contributed by atoms with van der Waals surface area (Å²) in [7, 11) is 0. The molecule has 0 aromatic heterocycles. The molecule has 0 amide bonds. The maximum absolute atomic E-state index is 10.8. The van der Waals surface area contributed by atoms with E-state index in [1.807, 2.05) is 6.92 Å². The topological polar surface area (TPSA) is 91.4 Å². The van der Waals surface area contributed by atoms with Gasteiger partial charge in [0.05, 0.1) is 13.2 Å². The first kappa shape index (κ1) is 19.9. The SMILES string of the molecule is C=C(C)C(=O)OCC1CO1.C=C(OC(C)=O)C(=O)OCCC. The maximum Gasteiger partial charge on any atom is 0.373 e. The predicted molar refractivity (Wildman–Crippen MR) is 77.7 cm³/mol. The quantitative estimate of drug-likeness (QED) is 0.231. The van der Waals surface area contributed by atoms with Gasteiger partial charge in [-0.25, -0.2) is 9.59 Å². The molecule has 0 radical (unpaired) electrons. The Morgan fingerprint density at radius 3 is 2.14 bits per heavy atom. The van der Waals surface area contributed by atoms with Crippen LogP contribution >= 0.6 is 0 Å². The second kappa shape index (κ2) is 10.6. The van der Waals surface area contributed by atoms with Crippen molar-refractivity contribution < 1.29 is 33.3 Å². The molecule has 0 aromatic carbocycles. The van der Waals surface area contributed by atoms with Crippen LogP contribution in [0.2, 0.25) is 0 Å². The number of hydrogen-bond acceptors (Lipinski definition) is 7. The van der Waals surface area contributed by atoms with Crippen LogP contribution in [0.5, 0.6) is 0 Å². The summed E-state index contributed by atoms with van der Waals surface area (Å²) in [4.78, 5) is 31.9. The average Bonchev–Trinajstić information content (AvgIpc) is 3.26. The van der Waals surface area contributed by atoms with Crippen molar-refractivity contribution in [1.82, 2.24) is 0 Å². The number of carbonyl (C=O) groups is 3. The van der Waals surface area contributed by atoms with E-state index in [9.17, 15) is 14.4 Å². The summed E-state index contributed by atoms with van der Waals surface area (Å²) in [6.07, 6.45) is 0.863. The maximum atomic E-state index is 10.8. The van der Waals surface area contributed by atoms with Gasteiger partial charge in [-0.1, -0.05) is 13.5 Å². The lowest BCUT2D eigenvalue weighted by Crippen LogP contribution is -2.12. The van der Waals surface area contributed by atoms with E-state index in [0.29, 0.717) is 25.4 Å². The first-order chi connectivity index (χ1) is 10.3. The molecule has 22 heavy (non-hydrogen) atoms. The summed E-state index contributed by atoms with van der Waals surface area (Å²) in [5, 5.41) is 0. The number of carbonyl (C=O) groups excluding carboxylic acids is 3. The Morgan fingerprint density at radius 2 is 1.73 bits per heavy atom. The Bertz CT molecular complexity index is 435. The van der Waals surface area contributed by atoms with Gasteiger partial charge >= 0.3 is 17.9 Å². The molecule has 1 atom stereocenters. The molecular weight excluding hydrogens is 292 g/mol. The predicted octanol–water partition coefficient (Wildman–Crippen LogP) is 1.52. The van der Waals surface area contributed by atoms with Gasteiger partial charge < -0.3 is 18.9 Å². The van der Waals surface area contributed by atoms with Crippen molar-refractivity contribution in [3.05, 3.63) is 24.5 Å². The zero-order chi connectivity index (χ0) is 17.1. The van der Waals surface area contributed by atoms with Gasteiger partial charge in [-0.2, -0.15) is 0 Å². The highest BCUT2D eigenvalue weighted by Gasteiger charge is 2.24. The minimum Gasteiger partial charge on any atom is -0.460 e. The highest BCUT2D eigenvalue weighted by Crippen LogP contribution is 2.09. The minimum absolute atomic E-state index is 0.142. The smallest absolute Gasteiger partial charge is 0.373 e. The van der Waals surface area contributed by atoms with E-state index in [4.69, 9.17) is 9.47 Å². The van der Waals surface area contributed by atoms with Gasteiger partial charge in [0.2, 0.25) is 5.76 Å². The lowest BCUT2D eigenvalue weighted by molar-refractivity contribution is -0.150. The van der Waals surface area contributed by atoms with E-state index in [1.54, 1.807) is 6.92 Å². The second-order valence-corrected chi connectivity index (χ2v) is 4.49. The first-order valence-corrected chi connectivity index (χ1v) is 6.76. The molecule has 1 unspecified atom stereocenters. The van der Waals surface area contributed by atoms with Gasteiger partial charge in [-0.15, -0.1) is 0 Å². The van der Waals surface area contributed by atoms with Crippen molar-refractivity contribution in [2.45, 2.75) is 33.3 Å². The molecule has 0 saturated carbocycles. The molecule has 1 saturated heterocycles.